The second kappa shape index (κ2) is 7.97. The van der Waals surface area contributed by atoms with Gasteiger partial charge in [-0.3, -0.25) is 0 Å². The molecule has 3 heterocycles. The van der Waals surface area contributed by atoms with Crippen LogP contribution in [0, 0.1) is 0 Å². The van der Waals surface area contributed by atoms with Crippen LogP contribution in [0.15, 0.2) is 37.2 Å². The third kappa shape index (κ3) is 3.84. The first-order chi connectivity index (χ1) is 13.3. The van der Waals surface area contributed by atoms with Crippen molar-refractivity contribution >= 4 is 28.1 Å². The van der Waals surface area contributed by atoms with Gasteiger partial charge in [-0.25, -0.2) is 15.0 Å². The van der Waals surface area contributed by atoms with Gasteiger partial charge < -0.3 is 10.1 Å². The summed E-state index contributed by atoms with van der Waals surface area (Å²) in [6.07, 6.45) is 3.63. The summed E-state index contributed by atoms with van der Waals surface area (Å²) in [5, 5.41) is 4.33. The minimum Gasteiger partial charge on any atom is -0.495 e. The van der Waals surface area contributed by atoms with Gasteiger partial charge in [-0.1, -0.05) is 34.3 Å². The number of hydrogen-bond donors (Lipinski definition) is 1. The highest BCUT2D eigenvalue weighted by atomic mass is 16.5. The lowest BCUT2D eigenvalue weighted by molar-refractivity contribution is 0.398. The minimum absolute atomic E-state index is 0.269. The monoisotopic (exact) mass is 376 g/mol. The Kier molecular flexibility index (Phi) is 5.63. The van der Waals surface area contributed by atoms with Gasteiger partial charge >= 0.3 is 0 Å². The topological polar surface area (TPSA) is 59.9 Å². The van der Waals surface area contributed by atoms with E-state index in [9.17, 15) is 0 Å². The molecular weight excluding hydrogens is 348 g/mol. The van der Waals surface area contributed by atoms with E-state index in [4.69, 9.17) is 9.72 Å². The summed E-state index contributed by atoms with van der Waals surface area (Å²) in [4.78, 5) is 13.8. The smallest absolute Gasteiger partial charge is 0.144 e. The Balaban J connectivity index is 2.08. The zero-order valence-electron chi connectivity index (χ0n) is 17.5. The number of fused-ring (bicyclic) bond motifs is 1. The molecule has 0 spiro atoms. The number of nitrogens with one attached hydrogen (secondary N) is 1. The Morgan fingerprint density at radius 2 is 1.75 bits per heavy atom. The maximum Gasteiger partial charge on any atom is 0.144 e. The zero-order valence-corrected chi connectivity index (χ0v) is 17.5. The average Bonchev–Trinajstić information content (AvgIpc) is 2.66. The lowest BCUT2D eigenvalue weighted by atomic mass is 9.94. The van der Waals surface area contributed by atoms with E-state index in [1.807, 2.05) is 37.5 Å². The number of ether oxygens (including phenoxy) is 1. The lowest BCUT2D eigenvalue weighted by Crippen LogP contribution is -2.06. The molecule has 0 unspecified atom stereocenters. The molecule has 0 atom stereocenters. The first-order valence-electron chi connectivity index (χ1n) is 9.58. The maximum atomic E-state index is 5.78. The highest BCUT2D eigenvalue weighted by Crippen LogP contribution is 2.38. The first kappa shape index (κ1) is 19.8. The fourth-order valence-electron chi connectivity index (χ4n) is 3.29. The van der Waals surface area contributed by atoms with E-state index in [1.54, 1.807) is 7.11 Å². The highest BCUT2D eigenvalue weighted by Gasteiger charge is 2.20. The normalized spacial score (nSPS) is 11.3. The summed E-state index contributed by atoms with van der Waals surface area (Å²) in [7, 11) is 1.72. The van der Waals surface area contributed by atoms with Crippen LogP contribution in [0.1, 0.15) is 63.3 Å². The summed E-state index contributed by atoms with van der Waals surface area (Å²) in [5.74, 6) is 2.90. The fraction of sp³-hybridized carbons (Fsp3) is 0.348. The summed E-state index contributed by atoms with van der Waals surface area (Å²) < 4.78 is 5.78. The molecule has 0 aliphatic carbocycles. The molecule has 3 aromatic rings. The molecule has 1 N–H and O–H groups in total. The van der Waals surface area contributed by atoms with Crippen molar-refractivity contribution in [3.05, 3.63) is 54.0 Å². The summed E-state index contributed by atoms with van der Waals surface area (Å²) in [6.45, 7) is 14.5. The highest BCUT2D eigenvalue weighted by molar-refractivity contribution is 5.87. The molecule has 5 heteroatoms. The minimum atomic E-state index is 0.269. The molecule has 0 fully saturated rings. The average molecular weight is 377 g/mol. The molecule has 3 rings (SSSR count). The van der Waals surface area contributed by atoms with Crippen LogP contribution < -0.4 is 10.1 Å². The van der Waals surface area contributed by atoms with Gasteiger partial charge in [0.1, 0.15) is 17.4 Å². The van der Waals surface area contributed by atoms with E-state index in [0.29, 0.717) is 5.92 Å². The second-order valence-electron chi connectivity index (χ2n) is 7.68. The van der Waals surface area contributed by atoms with Gasteiger partial charge in [0.05, 0.1) is 24.5 Å². The van der Waals surface area contributed by atoms with Crippen molar-refractivity contribution < 1.29 is 4.74 Å². The van der Waals surface area contributed by atoms with Gasteiger partial charge in [-0.05, 0) is 48.1 Å². The molecule has 0 amide bonds. The molecule has 28 heavy (non-hydrogen) atoms. The molecule has 0 aromatic carbocycles. The Morgan fingerprint density at radius 3 is 2.29 bits per heavy atom. The molecule has 0 saturated carbocycles. The molecule has 0 saturated heterocycles. The van der Waals surface area contributed by atoms with E-state index in [2.05, 4.69) is 49.6 Å². The number of methoxy groups -OCH3 is 1. The molecule has 0 radical (unpaired) electrons. The number of aromatic nitrogens is 3. The van der Waals surface area contributed by atoms with Crippen molar-refractivity contribution in [2.45, 2.75) is 46.5 Å². The number of anilines is 2. The van der Waals surface area contributed by atoms with Crippen LogP contribution in [-0.4, -0.2) is 22.1 Å². The molecular formula is C23H28N4O. The predicted octanol–water partition coefficient (Wildman–Crippen LogP) is 6.06. The Morgan fingerprint density at radius 1 is 1.04 bits per heavy atom. The van der Waals surface area contributed by atoms with Gasteiger partial charge in [0.15, 0.2) is 0 Å². The van der Waals surface area contributed by atoms with E-state index in [-0.39, 0.29) is 5.92 Å². The van der Waals surface area contributed by atoms with Gasteiger partial charge in [0, 0.05) is 17.1 Å². The standard InChI is InChI=1S/C23H28N4O/c1-13(2)16-8-9-19(24-11-16)27-20-10-17-18(12-25-20)26-22(15(5)6)23(28-7)21(17)14(3)4/h8-12,14-15H,1H2,2-7H3,(H,24,25,27). The Hall–Kier alpha value is -2.95. The lowest BCUT2D eigenvalue weighted by Gasteiger charge is -2.20. The summed E-state index contributed by atoms with van der Waals surface area (Å²) in [6, 6.07) is 5.95. The molecule has 5 nitrogen and oxygen atoms in total. The van der Waals surface area contributed by atoms with Crippen LogP contribution in [0.4, 0.5) is 11.6 Å². The fourth-order valence-corrected chi connectivity index (χ4v) is 3.29. The Bertz CT molecular complexity index is 1010. The first-order valence-corrected chi connectivity index (χ1v) is 9.58. The van der Waals surface area contributed by atoms with E-state index in [1.165, 1.54) is 0 Å². The predicted molar refractivity (Wildman–Crippen MR) is 116 cm³/mol. The van der Waals surface area contributed by atoms with Gasteiger partial charge in [0.2, 0.25) is 0 Å². The number of allylic oxidation sites excluding steroid dienone is 1. The summed E-state index contributed by atoms with van der Waals surface area (Å²) in [5.41, 5.74) is 5.02. The van der Waals surface area contributed by atoms with Gasteiger partial charge in [-0.2, -0.15) is 0 Å². The molecule has 0 bridgehead atoms. The Labute approximate surface area is 166 Å². The molecule has 0 aliphatic rings. The molecule has 146 valence electrons. The van der Waals surface area contributed by atoms with Crippen LogP contribution in [-0.2, 0) is 0 Å². The van der Waals surface area contributed by atoms with E-state index in [0.717, 1.165) is 50.7 Å². The number of pyridine rings is 3. The van der Waals surface area contributed by atoms with Crippen molar-refractivity contribution in [3.63, 3.8) is 0 Å². The van der Waals surface area contributed by atoms with E-state index < -0.39 is 0 Å². The van der Waals surface area contributed by atoms with Gasteiger partial charge in [-0.15, -0.1) is 0 Å². The second-order valence-corrected chi connectivity index (χ2v) is 7.68. The molecule has 3 aromatic heterocycles. The van der Waals surface area contributed by atoms with Crippen LogP contribution in [0.2, 0.25) is 0 Å². The number of hydrogen-bond acceptors (Lipinski definition) is 5. The third-order valence-electron chi connectivity index (χ3n) is 4.73. The van der Waals surface area contributed by atoms with Crippen LogP contribution in [0.5, 0.6) is 5.75 Å². The number of nitrogens with zero attached hydrogens (tertiary/aromatic N) is 3. The maximum absolute atomic E-state index is 5.78. The van der Waals surface area contributed by atoms with Crippen LogP contribution >= 0.6 is 0 Å². The third-order valence-corrected chi connectivity index (χ3v) is 4.73. The van der Waals surface area contributed by atoms with Crippen molar-refractivity contribution in [2.24, 2.45) is 0 Å². The largest absolute Gasteiger partial charge is 0.495 e. The van der Waals surface area contributed by atoms with Gasteiger partial charge in [0.25, 0.3) is 0 Å². The van der Waals surface area contributed by atoms with E-state index >= 15 is 0 Å². The van der Waals surface area contributed by atoms with Crippen molar-refractivity contribution in [1.82, 2.24) is 15.0 Å². The quantitative estimate of drug-likeness (QED) is 0.567. The van der Waals surface area contributed by atoms with Crippen LogP contribution in [0.3, 0.4) is 0 Å². The van der Waals surface area contributed by atoms with Crippen molar-refractivity contribution in [1.29, 1.82) is 0 Å². The SMILES string of the molecule is C=C(C)c1ccc(Nc2cc3c(C(C)C)c(OC)c(C(C)C)nc3cn2)nc1. The van der Waals surface area contributed by atoms with Crippen molar-refractivity contribution in [3.8, 4) is 5.75 Å². The van der Waals surface area contributed by atoms with Crippen molar-refractivity contribution in [2.75, 3.05) is 12.4 Å². The molecule has 0 aliphatic heterocycles. The van der Waals surface area contributed by atoms with Crippen LogP contribution in [0.25, 0.3) is 16.5 Å². The zero-order chi connectivity index (χ0) is 20.4. The number of rotatable bonds is 6. The summed E-state index contributed by atoms with van der Waals surface area (Å²) >= 11 is 0.